The smallest absolute Gasteiger partial charge is 0.448 e. The van der Waals surface area contributed by atoms with Gasteiger partial charge in [0.05, 0.1) is 0 Å². The van der Waals surface area contributed by atoms with E-state index >= 15 is 0 Å². The van der Waals surface area contributed by atoms with Gasteiger partial charge in [-0.2, -0.15) is 13.2 Å². The summed E-state index contributed by atoms with van der Waals surface area (Å²) in [5.74, 6) is -2.21. The summed E-state index contributed by atoms with van der Waals surface area (Å²) in [6, 6.07) is 0. The summed E-state index contributed by atoms with van der Waals surface area (Å²) in [6.45, 7) is 1.70. The summed E-state index contributed by atoms with van der Waals surface area (Å²) in [5.41, 5.74) is -0.662. The Kier molecular flexibility index (Phi) is 3.36. The van der Waals surface area contributed by atoms with Crippen LogP contribution in [0.2, 0.25) is 6.32 Å². The number of fused-ring (bicyclic) bond motifs is 2. The highest BCUT2D eigenvalue weighted by atomic mass is 19.4. The number of rotatable bonds is 1. The van der Waals surface area contributed by atoms with Gasteiger partial charge in [0.1, 0.15) is 7.85 Å². The standard InChI is InChI=1S/C15H20BF3O4/c1-13-6-5-8-3-2-4-10-9(7-16)11(15(17,18)19)20-12(21-13)14(8,10)23-22-13/h8,10,12H,2-7,16H2,1H3/t8?,10-,12?,13-,14+/m0/s1. The van der Waals surface area contributed by atoms with Crippen molar-refractivity contribution < 1.29 is 32.4 Å². The number of hydrogen-bond acceptors (Lipinski definition) is 4. The lowest BCUT2D eigenvalue weighted by Crippen LogP contribution is -2.66. The highest BCUT2D eigenvalue weighted by molar-refractivity contribution is 6.10. The largest absolute Gasteiger partial charge is 0.456 e. The van der Waals surface area contributed by atoms with Gasteiger partial charge >= 0.3 is 6.18 Å². The molecule has 8 heteroatoms. The lowest BCUT2D eigenvalue weighted by atomic mass is 9.61. The normalized spacial score (nSPS) is 46.2. The van der Waals surface area contributed by atoms with Crippen LogP contribution in [0.5, 0.6) is 0 Å². The topological polar surface area (TPSA) is 36.9 Å². The molecule has 1 spiro atoms. The van der Waals surface area contributed by atoms with Crippen LogP contribution in [0.3, 0.4) is 0 Å². The van der Waals surface area contributed by atoms with E-state index in [-0.39, 0.29) is 23.7 Å². The molecule has 5 aliphatic rings. The Bertz CT molecular complexity index is 551. The highest BCUT2D eigenvalue weighted by Gasteiger charge is 2.68. The Hall–Kier alpha value is -0.725. The van der Waals surface area contributed by atoms with Crippen LogP contribution in [0, 0.1) is 11.8 Å². The van der Waals surface area contributed by atoms with E-state index in [9.17, 15) is 13.2 Å². The van der Waals surface area contributed by atoms with Crippen LogP contribution < -0.4 is 0 Å². The fourth-order valence-electron chi connectivity index (χ4n) is 4.79. The Morgan fingerprint density at radius 1 is 1.22 bits per heavy atom. The SMILES string of the molecule is BCC1=C(C(F)(F)F)OC2O[C@]3(C)CCC4CCC[C@@H]1[C@]42OO3. The first-order valence-electron chi connectivity index (χ1n) is 8.32. The maximum Gasteiger partial charge on any atom is 0.448 e. The van der Waals surface area contributed by atoms with Crippen LogP contribution in [0.4, 0.5) is 13.2 Å². The molecule has 0 radical (unpaired) electrons. The predicted molar refractivity (Wildman–Crippen MR) is 75.8 cm³/mol. The summed E-state index contributed by atoms with van der Waals surface area (Å²) >= 11 is 0. The van der Waals surface area contributed by atoms with E-state index in [2.05, 4.69) is 0 Å². The molecule has 0 aromatic heterocycles. The van der Waals surface area contributed by atoms with Crippen LogP contribution >= 0.6 is 0 Å². The van der Waals surface area contributed by atoms with Crippen LogP contribution in [0.15, 0.2) is 11.3 Å². The molecule has 4 nitrogen and oxygen atoms in total. The van der Waals surface area contributed by atoms with Gasteiger partial charge in [0.2, 0.25) is 17.8 Å². The zero-order valence-corrected chi connectivity index (χ0v) is 13.2. The minimum absolute atomic E-state index is 0.0897. The molecular formula is C15H20BF3O4. The minimum Gasteiger partial charge on any atom is -0.456 e. The Balaban J connectivity index is 1.87. The molecule has 0 amide bonds. The third-order valence-electron chi connectivity index (χ3n) is 5.84. The van der Waals surface area contributed by atoms with Gasteiger partial charge in [0, 0.05) is 12.3 Å². The Morgan fingerprint density at radius 3 is 2.70 bits per heavy atom. The molecule has 1 aliphatic carbocycles. The van der Waals surface area contributed by atoms with Crippen molar-refractivity contribution in [2.24, 2.45) is 11.8 Å². The van der Waals surface area contributed by atoms with Crippen molar-refractivity contribution in [2.75, 3.05) is 0 Å². The maximum absolute atomic E-state index is 13.5. The van der Waals surface area contributed by atoms with Gasteiger partial charge in [-0.25, -0.2) is 9.78 Å². The molecule has 128 valence electrons. The summed E-state index contributed by atoms with van der Waals surface area (Å²) in [7, 11) is 1.73. The van der Waals surface area contributed by atoms with Crippen LogP contribution in [0.1, 0.15) is 39.0 Å². The molecule has 0 aromatic carbocycles. The summed E-state index contributed by atoms with van der Waals surface area (Å²) in [4.78, 5) is 11.3. The van der Waals surface area contributed by atoms with Gasteiger partial charge in [-0.1, -0.05) is 12.7 Å². The van der Waals surface area contributed by atoms with E-state index in [1.807, 2.05) is 0 Å². The minimum atomic E-state index is -4.52. The van der Waals surface area contributed by atoms with Crippen molar-refractivity contribution in [3.8, 4) is 0 Å². The van der Waals surface area contributed by atoms with Gasteiger partial charge in [-0.3, -0.25) is 0 Å². The Labute approximate surface area is 133 Å². The fourth-order valence-corrected chi connectivity index (χ4v) is 4.79. The molecule has 5 atom stereocenters. The second kappa shape index (κ2) is 4.89. The van der Waals surface area contributed by atoms with Gasteiger partial charge in [0.25, 0.3) is 0 Å². The quantitative estimate of drug-likeness (QED) is 0.547. The first kappa shape index (κ1) is 15.8. The first-order valence-corrected chi connectivity index (χ1v) is 8.32. The monoisotopic (exact) mass is 332 g/mol. The zero-order valence-electron chi connectivity index (χ0n) is 13.2. The molecule has 0 aromatic rings. The lowest BCUT2D eigenvalue weighted by Gasteiger charge is -2.56. The van der Waals surface area contributed by atoms with Gasteiger partial charge < -0.3 is 9.47 Å². The Morgan fingerprint density at radius 2 is 2.00 bits per heavy atom. The van der Waals surface area contributed by atoms with E-state index in [0.717, 1.165) is 19.3 Å². The molecule has 23 heavy (non-hydrogen) atoms. The number of halogens is 3. The zero-order chi connectivity index (χ0) is 16.5. The number of allylic oxidation sites excluding steroid dienone is 1. The van der Waals surface area contributed by atoms with Crippen molar-refractivity contribution >= 4 is 7.85 Å². The van der Waals surface area contributed by atoms with Crippen molar-refractivity contribution in [1.82, 2.24) is 0 Å². The van der Waals surface area contributed by atoms with E-state index in [1.165, 1.54) is 0 Å². The fraction of sp³-hybridized carbons (Fsp3) is 0.867. The molecule has 0 N–H and O–H groups in total. The van der Waals surface area contributed by atoms with Crippen molar-refractivity contribution in [3.05, 3.63) is 11.3 Å². The van der Waals surface area contributed by atoms with E-state index in [4.69, 9.17) is 19.2 Å². The molecular weight excluding hydrogens is 312 g/mol. The lowest BCUT2D eigenvalue weighted by molar-refractivity contribution is -0.556. The van der Waals surface area contributed by atoms with Gasteiger partial charge in [-0.05, 0) is 37.7 Å². The third kappa shape index (κ3) is 2.11. The second-order valence-corrected chi connectivity index (χ2v) is 7.15. The van der Waals surface area contributed by atoms with Crippen LogP contribution in [-0.4, -0.2) is 31.7 Å². The van der Waals surface area contributed by atoms with Crippen LogP contribution in [-0.2, 0) is 19.2 Å². The molecule has 1 saturated carbocycles. The molecule has 5 rings (SSSR count). The third-order valence-corrected chi connectivity index (χ3v) is 5.84. The van der Waals surface area contributed by atoms with E-state index in [1.54, 1.807) is 14.8 Å². The van der Waals surface area contributed by atoms with Crippen LogP contribution in [0.25, 0.3) is 0 Å². The number of hydrogen-bond donors (Lipinski definition) is 0. The first-order chi connectivity index (χ1) is 10.8. The van der Waals surface area contributed by atoms with E-state index < -0.39 is 29.6 Å². The van der Waals surface area contributed by atoms with E-state index in [0.29, 0.717) is 12.8 Å². The second-order valence-electron chi connectivity index (χ2n) is 7.15. The molecule has 2 bridgehead atoms. The average molecular weight is 332 g/mol. The highest BCUT2D eigenvalue weighted by Crippen LogP contribution is 2.60. The molecule has 4 fully saturated rings. The van der Waals surface area contributed by atoms with Gasteiger partial charge in [0.15, 0.2) is 5.60 Å². The predicted octanol–water partition coefficient (Wildman–Crippen LogP) is 2.85. The average Bonchev–Trinajstić information content (AvgIpc) is 2.71. The molecule has 4 aliphatic heterocycles. The summed E-state index contributed by atoms with van der Waals surface area (Å²) < 4.78 is 51.7. The van der Waals surface area contributed by atoms with Gasteiger partial charge in [-0.15, -0.1) is 0 Å². The number of ether oxygens (including phenoxy) is 2. The number of alkyl halides is 3. The molecule has 2 unspecified atom stereocenters. The van der Waals surface area contributed by atoms with Crippen molar-refractivity contribution in [2.45, 2.75) is 69.2 Å². The maximum atomic E-state index is 13.5. The molecule has 4 heterocycles. The van der Waals surface area contributed by atoms with Crippen molar-refractivity contribution in [3.63, 3.8) is 0 Å². The van der Waals surface area contributed by atoms with Crippen molar-refractivity contribution in [1.29, 1.82) is 0 Å². The summed E-state index contributed by atoms with van der Waals surface area (Å²) in [5, 5.41) is 0. The molecule has 3 saturated heterocycles. The summed E-state index contributed by atoms with van der Waals surface area (Å²) in [6.07, 6.45) is -1.47.